The number of aliphatic hydroxyl groups is 2. The van der Waals surface area contributed by atoms with Crippen LogP contribution in [0.4, 0.5) is 0 Å². The van der Waals surface area contributed by atoms with E-state index in [1.54, 1.807) is 12.4 Å². The van der Waals surface area contributed by atoms with E-state index in [2.05, 4.69) is 20.9 Å². The number of pyridine rings is 1. The molecule has 16 heavy (non-hydrogen) atoms. The van der Waals surface area contributed by atoms with Gasteiger partial charge in [-0.2, -0.15) is 0 Å². The highest BCUT2D eigenvalue weighted by Crippen LogP contribution is 2.40. The Morgan fingerprint density at radius 2 is 1.75 bits per heavy atom. The molecular weight excluding hydrogens is 290 g/mol. The molecule has 3 nitrogen and oxygen atoms in total. The number of thiophene rings is 1. The maximum atomic E-state index is 9.31. The van der Waals surface area contributed by atoms with Crippen molar-refractivity contribution in [2.24, 2.45) is 0 Å². The third kappa shape index (κ3) is 2.04. The Hall–Kier alpha value is -0.750. The lowest BCUT2D eigenvalue weighted by Crippen LogP contribution is -1.84. The minimum atomic E-state index is -0.0269. The molecule has 0 unspecified atom stereocenters. The number of hydrogen-bond donors (Lipinski definition) is 2. The molecule has 5 heteroatoms. The monoisotopic (exact) mass is 299 g/mol. The smallest absolute Gasteiger partial charge is 0.0786 e. The van der Waals surface area contributed by atoms with E-state index >= 15 is 0 Å². The summed E-state index contributed by atoms with van der Waals surface area (Å²) in [6.45, 7) is -0.0513. The number of aromatic nitrogens is 1. The molecule has 2 N–H and O–H groups in total. The maximum Gasteiger partial charge on any atom is 0.0786 e. The second kappa shape index (κ2) is 5.05. The van der Waals surface area contributed by atoms with Crippen molar-refractivity contribution >= 4 is 27.3 Å². The molecule has 2 aromatic heterocycles. The lowest BCUT2D eigenvalue weighted by atomic mass is 10.1. The molecule has 0 aromatic carbocycles. The van der Waals surface area contributed by atoms with Gasteiger partial charge >= 0.3 is 0 Å². The van der Waals surface area contributed by atoms with E-state index in [0.717, 1.165) is 25.4 Å². The van der Waals surface area contributed by atoms with Crippen molar-refractivity contribution in [3.05, 3.63) is 38.8 Å². The van der Waals surface area contributed by atoms with Crippen molar-refractivity contribution in [2.45, 2.75) is 13.2 Å². The number of nitrogens with zero attached hydrogens (tertiary/aromatic N) is 1. The van der Waals surface area contributed by atoms with Crippen LogP contribution in [-0.4, -0.2) is 15.2 Å². The second-order valence-corrected chi connectivity index (χ2v) is 5.17. The van der Waals surface area contributed by atoms with Crippen LogP contribution in [0.5, 0.6) is 0 Å². The van der Waals surface area contributed by atoms with Crippen LogP contribution in [0.1, 0.15) is 9.75 Å². The first-order chi connectivity index (χ1) is 7.77. The van der Waals surface area contributed by atoms with Gasteiger partial charge in [0.2, 0.25) is 0 Å². The maximum absolute atomic E-state index is 9.31. The molecule has 0 amide bonds. The van der Waals surface area contributed by atoms with Crippen molar-refractivity contribution in [1.82, 2.24) is 4.98 Å². The Labute approximate surface area is 106 Å². The van der Waals surface area contributed by atoms with Crippen LogP contribution in [0.15, 0.2) is 29.0 Å². The molecule has 0 aliphatic rings. The standard InChI is InChI=1S/C11H10BrNO2S/c12-11-9(6-15)16-8(5-14)10(11)7-1-3-13-4-2-7/h1-4,14-15H,5-6H2. The van der Waals surface area contributed by atoms with Crippen LogP contribution in [0.3, 0.4) is 0 Å². The topological polar surface area (TPSA) is 53.4 Å². The van der Waals surface area contributed by atoms with Gasteiger partial charge in [0.05, 0.1) is 13.2 Å². The number of rotatable bonds is 3. The van der Waals surface area contributed by atoms with Crippen molar-refractivity contribution in [3.8, 4) is 11.1 Å². The predicted molar refractivity (Wildman–Crippen MR) is 67.1 cm³/mol. The van der Waals surface area contributed by atoms with E-state index in [1.807, 2.05) is 12.1 Å². The summed E-state index contributed by atoms with van der Waals surface area (Å²) < 4.78 is 0.857. The van der Waals surface area contributed by atoms with Crippen molar-refractivity contribution in [2.75, 3.05) is 0 Å². The molecule has 0 radical (unpaired) electrons. The molecule has 0 atom stereocenters. The third-order valence-electron chi connectivity index (χ3n) is 2.25. The van der Waals surface area contributed by atoms with Gasteiger partial charge in [0, 0.05) is 32.2 Å². The highest BCUT2D eigenvalue weighted by atomic mass is 79.9. The Kier molecular flexibility index (Phi) is 3.70. The van der Waals surface area contributed by atoms with Crippen molar-refractivity contribution in [1.29, 1.82) is 0 Å². The first-order valence-electron chi connectivity index (χ1n) is 4.70. The van der Waals surface area contributed by atoms with Gasteiger partial charge in [-0.05, 0) is 33.6 Å². The zero-order chi connectivity index (χ0) is 11.5. The minimum Gasteiger partial charge on any atom is -0.391 e. The fourth-order valence-electron chi connectivity index (χ4n) is 1.53. The lowest BCUT2D eigenvalue weighted by Gasteiger charge is -2.02. The van der Waals surface area contributed by atoms with Gasteiger partial charge in [-0.15, -0.1) is 11.3 Å². The van der Waals surface area contributed by atoms with E-state index in [0.29, 0.717) is 0 Å². The van der Waals surface area contributed by atoms with Gasteiger partial charge in [-0.25, -0.2) is 0 Å². The van der Waals surface area contributed by atoms with E-state index in [4.69, 9.17) is 0 Å². The second-order valence-electron chi connectivity index (χ2n) is 3.19. The van der Waals surface area contributed by atoms with Crippen LogP contribution < -0.4 is 0 Å². The van der Waals surface area contributed by atoms with Gasteiger partial charge in [0.25, 0.3) is 0 Å². The highest BCUT2D eigenvalue weighted by molar-refractivity contribution is 9.10. The highest BCUT2D eigenvalue weighted by Gasteiger charge is 2.16. The fourth-order valence-corrected chi connectivity index (χ4v) is 3.43. The van der Waals surface area contributed by atoms with Gasteiger partial charge in [-0.1, -0.05) is 0 Å². The normalized spacial score (nSPS) is 10.7. The summed E-state index contributed by atoms with van der Waals surface area (Å²) in [6.07, 6.45) is 3.42. The van der Waals surface area contributed by atoms with Crippen LogP contribution in [0, 0.1) is 0 Å². The summed E-state index contributed by atoms with van der Waals surface area (Å²) in [4.78, 5) is 5.64. The minimum absolute atomic E-state index is 0.0245. The largest absolute Gasteiger partial charge is 0.391 e. The molecule has 2 aromatic rings. The average molecular weight is 300 g/mol. The van der Waals surface area contributed by atoms with Gasteiger partial charge < -0.3 is 10.2 Å². The van der Waals surface area contributed by atoms with E-state index < -0.39 is 0 Å². The van der Waals surface area contributed by atoms with Crippen LogP contribution in [0.25, 0.3) is 11.1 Å². The molecule has 84 valence electrons. The zero-order valence-electron chi connectivity index (χ0n) is 8.35. The van der Waals surface area contributed by atoms with Gasteiger partial charge in [0.15, 0.2) is 0 Å². The summed E-state index contributed by atoms with van der Waals surface area (Å²) in [5, 5.41) is 18.5. The van der Waals surface area contributed by atoms with Gasteiger partial charge in [0.1, 0.15) is 0 Å². The predicted octanol–water partition coefficient (Wildman–Crippen LogP) is 2.56. The number of halogens is 1. The van der Waals surface area contributed by atoms with Crippen molar-refractivity contribution in [3.63, 3.8) is 0 Å². The molecule has 0 bridgehead atoms. The summed E-state index contributed by atoms with van der Waals surface area (Å²) in [6, 6.07) is 3.76. The summed E-state index contributed by atoms with van der Waals surface area (Å²) in [5.41, 5.74) is 1.93. The molecule has 0 fully saturated rings. The zero-order valence-corrected chi connectivity index (χ0v) is 10.8. The Bertz CT molecular complexity index is 484. The molecule has 0 saturated heterocycles. The van der Waals surface area contributed by atoms with E-state index in [1.165, 1.54) is 11.3 Å². The van der Waals surface area contributed by atoms with E-state index in [9.17, 15) is 10.2 Å². The van der Waals surface area contributed by atoms with Crippen LogP contribution in [0.2, 0.25) is 0 Å². The van der Waals surface area contributed by atoms with Gasteiger partial charge in [-0.3, -0.25) is 4.98 Å². The molecule has 2 rings (SSSR count). The Morgan fingerprint density at radius 3 is 2.31 bits per heavy atom. The first kappa shape index (κ1) is 11.7. The summed E-state index contributed by atoms with van der Waals surface area (Å²) in [5.74, 6) is 0. The fraction of sp³-hybridized carbons (Fsp3) is 0.182. The third-order valence-corrected chi connectivity index (χ3v) is 4.54. The Morgan fingerprint density at radius 1 is 1.12 bits per heavy atom. The summed E-state index contributed by atoms with van der Waals surface area (Å²) in [7, 11) is 0. The molecule has 0 spiro atoms. The molecule has 0 aliphatic carbocycles. The first-order valence-corrected chi connectivity index (χ1v) is 6.31. The lowest BCUT2D eigenvalue weighted by molar-refractivity contribution is 0.284. The molecule has 0 saturated carbocycles. The summed E-state index contributed by atoms with van der Waals surface area (Å²) >= 11 is 4.87. The number of hydrogen-bond acceptors (Lipinski definition) is 4. The Balaban J connectivity index is 2.59. The average Bonchev–Trinajstić information content (AvgIpc) is 2.66. The number of aliphatic hydroxyl groups excluding tert-OH is 2. The molecule has 2 heterocycles. The van der Waals surface area contributed by atoms with Crippen LogP contribution >= 0.6 is 27.3 Å². The SMILES string of the molecule is OCc1sc(CO)c(-c2ccncc2)c1Br. The molecule has 0 aliphatic heterocycles. The van der Waals surface area contributed by atoms with E-state index in [-0.39, 0.29) is 13.2 Å². The van der Waals surface area contributed by atoms with Crippen molar-refractivity contribution < 1.29 is 10.2 Å². The van der Waals surface area contributed by atoms with Crippen LogP contribution in [-0.2, 0) is 13.2 Å². The molecular formula is C11H10BrNO2S. The quantitative estimate of drug-likeness (QED) is 0.916.